The van der Waals surface area contributed by atoms with E-state index in [0.717, 1.165) is 5.56 Å². The van der Waals surface area contributed by atoms with Gasteiger partial charge >= 0.3 is 0 Å². The standard InChI is InChI=1S/C21H20N2O3S2/c1-23-20(13-19(24)22-16-6-4-5-7-17(16)26-2)28-18(21(23)25)12-14-8-10-15(27-3)11-9-14/h4-13H,1-3H3,(H,22,24)/b18-12-,20-13-. The van der Waals surface area contributed by atoms with Gasteiger partial charge in [0, 0.05) is 18.0 Å². The molecule has 28 heavy (non-hydrogen) atoms. The number of carbonyl (C=O) groups excluding carboxylic acids is 1. The fourth-order valence-electron chi connectivity index (χ4n) is 2.59. The SMILES string of the molecule is COc1ccccc1NC(=O)/C=c1\s/c(=C\c2ccc(SC)cc2)c(=O)n1C. The summed E-state index contributed by atoms with van der Waals surface area (Å²) in [5, 5.41) is 2.79. The molecule has 1 N–H and O–H groups in total. The summed E-state index contributed by atoms with van der Waals surface area (Å²) in [5.41, 5.74) is 1.39. The third kappa shape index (κ3) is 4.55. The molecule has 0 atom stereocenters. The van der Waals surface area contributed by atoms with Gasteiger partial charge in [0.05, 0.1) is 17.3 Å². The number of hydrogen-bond donors (Lipinski definition) is 1. The van der Waals surface area contributed by atoms with Gasteiger partial charge in [0.25, 0.3) is 11.5 Å². The molecule has 144 valence electrons. The van der Waals surface area contributed by atoms with Crippen LogP contribution in [0.25, 0.3) is 12.2 Å². The van der Waals surface area contributed by atoms with Gasteiger partial charge in [-0.2, -0.15) is 0 Å². The lowest BCUT2D eigenvalue weighted by Crippen LogP contribution is -2.29. The topological polar surface area (TPSA) is 60.3 Å². The highest BCUT2D eigenvalue weighted by atomic mass is 32.2. The Kier molecular flexibility index (Phi) is 6.38. The van der Waals surface area contributed by atoms with Crippen LogP contribution in [0.15, 0.2) is 58.2 Å². The zero-order valence-corrected chi connectivity index (χ0v) is 17.4. The number of amides is 1. The van der Waals surface area contributed by atoms with Gasteiger partial charge in [-0.15, -0.1) is 23.1 Å². The van der Waals surface area contributed by atoms with Gasteiger partial charge in [0.2, 0.25) is 0 Å². The number of hydrogen-bond acceptors (Lipinski definition) is 5. The number of benzene rings is 2. The van der Waals surface area contributed by atoms with Crippen molar-refractivity contribution in [2.24, 2.45) is 7.05 Å². The number of aromatic nitrogens is 1. The molecule has 1 aromatic heterocycles. The molecule has 1 heterocycles. The second-order valence-electron chi connectivity index (χ2n) is 5.92. The van der Waals surface area contributed by atoms with Crippen molar-refractivity contribution in [3.8, 4) is 5.75 Å². The van der Waals surface area contributed by atoms with Gasteiger partial charge in [-0.1, -0.05) is 24.3 Å². The molecular weight excluding hydrogens is 392 g/mol. The van der Waals surface area contributed by atoms with Crippen LogP contribution in [0.5, 0.6) is 5.75 Å². The minimum absolute atomic E-state index is 0.129. The maximum Gasteiger partial charge on any atom is 0.268 e. The van der Waals surface area contributed by atoms with Crippen molar-refractivity contribution >= 4 is 46.8 Å². The predicted molar refractivity (Wildman–Crippen MR) is 117 cm³/mol. The fraction of sp³-hybridized carbons (Fsp3) is 0.143. The number of anilines is 1. The van der Waals surface area contributed by atoms with E-state index in [9.17, 15) is 9.59 Å². The van der Waals surface area contributed by atoms with Crippen LogP contribution in [0.2, 0.25) is 0 Å². The van der Waals surface area contributed by atoms with Crippen LogP contribution in [0, 0.1) is 0 Å². The quantitative estimate of drug-likeness (QED) is 0.654. The van der Waals surface area contributed by atoms with Gasteiger partial charge in [-0.05, 0) is 42.2 Å². The lowest BCUT2D eigenvalue weighted by atomic mass is 10.2. The van der Waals surface area contributed by atoms with Crippen LogP contribution < -0.4 is 24.8 Å². The number of thioether (sulfide) groups is 1. The van der Waals surface area contributed by atoms with Gasteiger partial charge in [0.15, 0.2) is 0 Å². The minimum Gasteiger partial charge on any atom is -0.495 e. The molecule has 7 heteroatoms. The Morgan fingerprint density at radius 2 is 1.89 bits per heavy atom. The Balaban J connectivity index is 1.92. The zero-order valence-electron chi connectivity index (χ0n) is 15.8. The second-order valence-corrected chi connectivity index (χ2v) is 7.86. The van der Waals surface area contributed by atoms with Crippen LogP contribution in [0.4, 0.5) is 5.69 Å². The summed E-state index contributed by atoms with van der Waals surface area (Å²) in [7, 11) is 3.21. The maximum atomic E-state index is 12.5. The number of methoxy groups -OCH3 is 1. The molecule has 0 spiro atoms. The summed E-state index contributed by atoms with van der Waals surface area (Å²) in [6.45, 7) is 0. The number of thiazole rings is 1. The molecule has 0 radical (unpaired) electrons. The number of para-hydroxylation sites is 2. The first kappa shape index (κ1) is 20.0. The number of nitrogens with one attached hydrogen (secondary N) is 1. The van der Waals surface area contributed by atoms with Gasteiger partial charge < -0.3 is 14.6 Å². The lowest BCUT2D eigenvalue weighted by molar-refractivity contribution is -0.110. The number of ether oxygens (including phenoxy) is 1. The Hall–Kier alpha value is -2.77. The first-order chi connectivity index (χ1) is 13.5. The molecule has 5 nitrogen and oxygen atoms in total. The Labute approximate surface area is 171 Å². The Morgan fingerprint density at radius 1 is 1.18 bits per heavy atom. The molecule has 0 aliphatic rings. The summed E-state index contributed by atoms with van der Waals surface area (Å²) < 4.78 is 7.87. The zero-order chi connectivity index (χ0) is 20.1. The van der Waals surface area contributed by atoms with Crippen molar-refractivity contribution in [3.63, 3.8) is 0 Å². The van der Waals surface area contributed by atoms with Gasteiger partial charge in [-0.3, -0.25) is 9.59 Å². The van der Waals surface area contributed by atoms with Crippen molar-refractivity contribution in [1.29, 1.82) is 0 Å². The molecule has 2 aromatic carbocycles. The number of rotatable bonds is 5. The highest BCUT2D eigenvalue weighted by Crippen LogP contribution is 2.22. The smallest absolute Gasteiger partial charge is 0.268 e. The van der Waals surface area contributed by atoms with Crippen LogP contribution in [-0.2, 0) is 11.8 Å². The minimum atomic E-state index is -0.322. The van der Waals surface area contributed by atoms with Crippen molar-refractivity contribution in [2.45, 2.75) is 4.90 Å². The summed E-state index contributed by atoms with van der Waals surface area (Å²) in [4.78, 5) is 26.1. The highest BCUT2D eigenvalue weighted by molar-refractivity contribution is 7.98. The van der Waals surface area contributed by atoms with E-state index in [0.29, 0.717) is 20.6 Å². The van der Waals surface area contributed by atoms with E-state index in [1.165, 1.54) is 26.9 Å². The van der Waals surface area contributed by atoms with Crippen molar-refractivity contribution in [3.05, 3.63) is 73.6 Å². The molecule has 0 saturated carbocycles. The fourth-order valence-corrected chi connectivity index (χ4v) is 4.03. The summed E-state index contributed by atoms with van der Waals surface area (Å²) in [6, 6.07) is 15.2. The van der Waals surface area contributed by atoms with E-state index < -0.39 is 0 Å². The maximum absolute atomic E-state index is 12.5. The normalized spacial score (nSPS) is 12.2. The van der Waals surface area contributed by atoms with Crippen LogP contribution in [0.1, 0.15) is 5.56 Å². The van der Waals surface area contributed by atoms with E-state index in [4.69, 9.17) is 4.74 Å². The molecule has 3 rings (SSSR count). The summed E-state index contributed by atoms with van der Waals surface area (Å²) in [5.74, 6) is 0.254. The van der Waals surface area contributed by atoms with E-state index in [2.05, 4.69) is 5.32 Å². The Morgan fingerprint density at radius 3 is 2.57 bits per heavy atom. The van der Waals surface area contributed by atoms with Crippen LogP contribution >= 0.6 is 23.1 Å². The lowest BCUT2D eigenvalue weighted by Gasteiger charge is -2.07. The predicted octanol–water partition coefficient (Wildman–Crippen LogP) is 2.43. The van der Waals surface area contributed by atoms with Crippen LogP contribution in [0.3, 0.4) is 0 Å². The molecule has 0 aliphatic heterocycles. The first-order valence-corrected chi connectivity index (χ1v) is 10.5. The van der Waals surface area contributed by atoms with Gasteiger partial charge in [-0.25, -0.2) is 0 Å². The molecule has 3 aromatic rings. The highest BCUT2D eigenvalue weighted by Gasteiger charge is 2.06. The largest absolute Gasteiger partial charge is 0.495 e. The summed E-state index contributed by atoms with van der Waals surface area (Å²) in [6.07, 6.45) is 5.28. The van der Waals surface area contributed by atoms with Crippen molar-refractivity contribution < 1.29 is 9.53 Å². The monoisotopic (exact) mass is 412 g/mol. The second kappa shape index (κ2) is 8.95. The molecular formula is C21H20N2O3S2. The van der Waals surface area contributed by atoms with E-state index in [1.54, 1.807) is 38.1 Å². The number of carbonyl (C=O) groups is 1. The first-order valence-electron chi connectivity index (χ1n) is 8.49. The van der Waals surface area contributed by atoms with Crippen LogP contribution in [-0.4, -0.2) is 23.8 Å². The van der Waals surface area contributed by atoms with Crippen molar-refractivity contribution in [1.82, 2.24) is 4.57 Å². The molecule has 0 unspecified atom stereocenters. The molecule has 0 aliphatic carbocycles. The molecule has 0 fully saturated rings. The van der Waals surface area contributed by atoms with Gasteiger partial charge in [0.1, 0.15) is 10.4 Å². The molecule has 0 saturated heterocycles. The van der Waals surface area contributed by atoms with E-state index in [-0.39, 0.29) is 11.5 Å². The van der Waals surface area contributed by atoms with E-state index in [1.807, 2.05) is 48.7 Å². The average Bonchev–Trinajstić information content (AvgIpc) is 2.96. The third-order valence-corrected chi connectivity index (χ3v) is 5.95. The molecule has 1 amide bonds. The van der Waals surface area contributed by atoms with Crippen molar-refractivity contribution in [2.75, 3.05) is 18.7 Å². The average molecular weight is 413 g/mol. The number of nitrogens with zero attached hydrogens (tertiary/aromatic N) is 1. The molecule has 0 bridgehead atoms. The summed E-state index contributed by atoms with van der Waals surface area (Å²) >= 11 is 2.95. The third-order valence-electron chi connectivity index (χ3n) is 4.09. The van der Waals surface area contributed by atoms with E-state index >= 15 is 0 Å². The Bertz CT molecular complexity index is 1160.